The second kappa shape index (κ2) is 6.43. The van der Waals surface area contributed by atoms with Crippen LogP contribution in [0.1, 0.15) is 21.7 Å². The van der Waals surface area contributed by atoms with E-state index >= 15 is 0 Å². The molecule has 4 nitrogen and oxygen atoms in total. The van der Waals surface area contributed by atoms with Crippen molar-refractivity contribution in [1.29, 1.82) is 0 Å². The van der Waals surface area contributed by atoms with E-state index in [9.17, 15) is 4.79 Å². The van der Waals surface area contributed by atoms with Gasteiger partial charge in [0.2, 0.25) is 0 Å². The van der Waals surface area contributed by atoms with Crippen LogP contribution in [-0.2, 0) is 10.5 Å². The van der Waals surface area contributed by atoms with Gasteiger partial charge in [0.25, 0.3) is 0 Å². The van der Waals surface area contributed by atoms with E-state index in [1.54, 1.807) is 23.9 Å². The summed E-state index contributed by atoms with van der Waals surface area (Å²) in [5, 5.41) is 0. The molecule has 5 heteroatoms. The molecule has 0 spiro atoms. The number of carbonyl (C=O) groups is 1. The van der Waals surface area contributed by atoms with Crippen molar-refractivity contribution in [3.8, 4) is 0 Å². The minimum absolute atomic E-state index is 0.329. The number of esters is 1. The second-order valence-electron chi connectivity index (χ2n) is 4.32. The summed E-state index contributed by atoms with van der Waals surface area (Å²) in [5.74, 6) is 0.256. The highest BCUT2D eigenvalue weighted by atomic mass is 32.2. The smallest absolute Gasteiger partial charge is 0.356 e. The number of nitrogen functional groups attached to an aromatic ring is 1. The molecule has 2 N–H and O–H groups in total. The molecule has 104 valence electrons. The number of aromatic nitrogens is 1. The first kappa shape index (κ1) is 14.4. The van der Waals surface area contributed by atoms with Crippen LogP contribution in [0.2, 0.25) is 0 Å². The summed E-state index contributed by atoms with van der Waals surface area (Å²) >= 11 is 1.65. The van der Waals surface area contributed by atoms with Crippen molar-refractivity contribution in [2.45, 2.75) is 17.6 Å². The van der Waals surface area contributed by atoms with E-state index in [0.29, 0.717) is 11.4 Å². The summed E-state index contributed by atoms with van der Waals surface area (Å²) in [6.07, 6.45) is 0. The molecule has 0 aliphatic rings. The molecule has 0 unspecified atom stereocenters. The van der Waals surface area contributed by atoms with Crippen molar-refractivity contribution in [2.24, 2.45) is 0 Å². The Hall–Kier alpha value is -2.01. The first-order valence-corrected chi connectivity index (χ1v) is 7.12. The number of ether oxygens (including phenoxy) is 1. The van der Waals surface area contributed by atoms with Crippen LogP contribution in [0.3, 0.4) is 0 Å². The van der Waals surface area contributed by atoms with E-state index in [-0.39, 0.29) is 0 Å². The maximum atomic E-state index is 11.4. The van der Waals surface area contributed by atoms with Crippen LogP contribution in [-0.4, -0.2) is 18.1 Å². The number of aryl methyl sites for hydroxylation is 1. The molecule has 2 rings (SSSR count). The number of thioether (sulfide) groups is 1. The number of pyridine rings is 1. The van der Waals surface area contributed by atoms with Gasteiger partial charge in [0.1, 0.15) is 5.69 Å². The van der Waals surface area contributed by atoms with Crippen molar-refractivity contribution in [2.75, 3.05) is 12.8 Å². The second-order valence-corrected chi connectivity index (χ2v) is 5.34. The average Bonchev–Trinajstić information content (AvgIpc) is 2.47. The molecule has 0 amide bonds. The SMILES string of the molecule is COC(=O)c1cccc(CSc2cc(N)ccc2C)n1. The zero-order valence-corrected chi connectivity index (χ0v) is 12.2. The largest absolute Gasteiger partial charge is 0.464 e. The summed E-state index contributed by atoms with van der Waals surface area (Å²) in [6, 6.07) is 11.2. The molecule has 0 saturated carbocycles. The lowest BCUT2D eigenvalue weighted by Gasteiger charge is -2.07. The van der Waals surface area contributed by atoms with E-state index in [0.717, 1.165) is 16.3 Å². The van der Waals surface area contributed by atoms with Gasteiger partial charge in [-0.3, -0.25) is 0 Å². The number of rotatable bonds is 4. The van der Waals surface area contributed by atoms with Crippen LogP contribution in [0, 0.1) is 6.92 Å². The highest BCUT2D eigenvalue weighted by Gasteiger charge is 2.08. The normalized spacial score (nSPS) is 10.3. The lowest BCUT2D eigenvalue weighted by molar-refractivity contribution is 0.0594. The molecule has 0 aliphatic heterocycles. The average molecular weight is 288 g/mol. The molecule has 1 heterocycles. The van der Waals surface area contributed by atoms with Crippen LogP contribution in [0.15, 0.2) is 41.3 Å². The van der Waals surface area contributed by atoms with Gasteiger partial charge in [-0.1, -0.05) is 12.1 Å². The molecule has 1 aromatic heterocycles. The Morgan fingerprint density at radius 1 is 1.35 bits per heavy atom. The number of anilines is 1. The predicted molar refractivity (Wildman–Crippen MR) is 80.7 cm³/mol. The third-order valence-electron chi connectivity index (χ3n) is 2.79. The van der Waals surface area contributed by atoms with Crippen LogP contribution in [0.25, 0.3) is 0 Å². The summed E-state index contributed by atoms with van der Waals surface area (Å²) in [4.78, 5) is 16.8. The van der Waals surface area contributed by atoms with Gasteiger partial charge >= 0.3 is 5.97 Å². The summed E-state index contributed by atoms with van der Waals surface area (Å²) < 4.78 is 4.66. The highest BCUT2D eigenvalue weighted by Crippen LogP contribution is 2.27. The zero-order valence-electron chi connectivity index (χ0n) is 11.4. The number of hydrogen-bond donors (Lipinski definition) is 1. The van der Waals surface area contributed by atoms with E-state index in [4.69, 9.17) is 5.73 Å². The van der Waals surface area contributed by atoms with Gasteiger partial charge < -0.3 is 10.5 Å². The molecule has 0 atom stereocenters. The Kier molecular flexibility index (Phi) is 4.63. The van der Waals surface area contributed by atoms with E-state index < -0.39 is 5.97 Å². The molecule has 0 fully saturated rings. The first-order valence-electron chi connectivity index (χ1n) is 6.13. The summed E-state index contributed by atoms with van der Waals surface area (Å²) in [6.45, 7) is 2.04. The maximum Gasteiger partial charge on any atom is 0.356 e. The summed E-state index contributed by atoms with van der Waals surface area (Å²) in [5.41, 5.74) is 8.87. The number of nitrogens with zero attached hydrogens (tertiary/aromatic N) is 1. The number of methoxy groups -OCH3 is 1. The Balaban J connectivity index is 2.11. The number of nitrogens with two attached hydrogens (primary N) is 1. The molecular formula is C15H16N2O2S. The topological polar surface area (TPSA) is 65.2 Å². The Bertz CT molecular complexity index is 629. The zero-order chi connectivity index (χ0) is 14.5. The van der Waals surface area contributed by atoms with Gasteiger partial charge in [0.05, 0.1) is 12.8 Å². The van der Waals surface area contributed by atoms with Crippen molar-refractivity contribution in [3.05, 3.63) is 53.3 Å². The van der Waals surface area contributed by atoms with Crippen LogP contribution >= 0.6 is 11.8 Å². The molecule has 0 saturated heterocycles. The number of benzene rings is 1. The Morgan fingerprint density at radius 2 is 2.15 bits per heavy atom. The highest BCUT2D eigenvalue weighted by molar-refractivity contribution is 7.98. The number of hydrogen-bond acceptors (Lipinski definition) is 5. The lowest BCUT2D eigenvalue weighted by Crippen LogP contribution is -2.05. The molecule has 0 radical (unpaired) electrons. The minimum Gasteiger partial charge on any atom is -0.464 e. The van der Waals surface area contributed by atoms with E-state index in [2.05, 4.69) is 9.72 Å². The minimum atomic E-state index is -0.419. The maximum absolute atomic E-state index is 11.4. The third kappa shape index (κ3) is 3.51. The van der Waals surface area contributed by atoms with Gasteiger partial charge in [-0.25, -0.2) is 9.78 Å². The van der Waals surface area contributed by atoms with Crippen molar-refractivity contribution >= 4 is 23.4 Å². The van der Waals surface area contributed by atoms with Crippen molar-refractivity contribution in [3.63, 3.8) is 0 Å². The fourth-order valence-corrected chi connectivity index (χ4v) is 2.68. The monoisotopic (exact) mass is 288 g/mol. The van der Waals surface area contributed by atoms with Gasteiger partial charge in [-0.15, -0.1) is 11.8 Å². The molecule has 0 bridgehead atoms. The quantitative estimate of drug-likeness (QED) is 0.532. The van der Waals surface area contributed by atoms with Gasteiger partial charge in [-0.05, 0) is 36.8 Å². The first-order chi connectivity index (χ1) is 9.60. The predicted octanol–water partition coefficient (Wildman–Crippen LogP) is 3.05. The Morgan fingerprint density at radius 3 is 2.90 bits per heavy atom. The van der Waals surface area contributed by atoms with Crippen LogP contribution in [0.4, 0.5) is 5.69 Å². The molecule has 1 aromatic carbocycles. The standard InChI is InChI=1S/C15H16N2O2S/c1-10-6-7-11(16)8-14(10)20-9-12-4-3-5-13(17-12)15(18)19-2/h3-8H,9,16H2,1-2H3. The summed E-state index contributed by atoms with van der Waals surface area (Å²) in [7, 11) is 1.35. The van der Waals surface area contributed by atoms with Crippen molar-refractivity contribution in [1.82, 2.24) is 4.98 Å². The van der Waals surface area contributed by atoms with Crippen LogP contribution < -0.4 is 5.73 Å². The van der Waals surface area contributed by atoms with Crippen molar-refractivity contribution < 1.29 is 9.53 Å². The molecule has 2 aromatic rings. The molecule has 0 aliphatic carbocycles. The lowest BCUT2D eigenvalue weighted by atomic mass is 10.2. The Labute approximate surface area is 122 Å². The fraction of sp³-hybridized carbons (Fsp3) is 0.200. The van der Waals surface area contributed by atoms with Gasteiger partial charge in [0.15, 0.2) is 0 Å². The number of carbonyl (C=O) groups excluding carboxylic acids is 1. The van der Waals surface area contributed by atoms with Gasteiger partial charge in [0, 0.05) is 16.3 Å². The third-order valence-corrected chi connectivity index (χ3v) is 3.98. The van der Waals surface area contributed by atoms with E-state index in [1.165, 1.54) is 12.7 Å². The molecular weight excluding hydrogens is 272 g/mol. The van der Waals surface area contributed by atoms with Crippen LogP contribution in [0.5, 0.6) is 0 Å². The van der Waals surface area contributed by atoms with E-state index in [1.807, 2.05) is 31.2 Å². The molecule has 20 heavy (non-hydrogen) atoms. The fourth-order valence-electron chi connectivity index (χ4n) is 1.70. The van der Waals surface area contributed by atoms with Gasteiger partial charge in [-0.2, -0.15) is 0 Å².